The maximum atomic E-state index is 14.0. The fraction of sp³-hybridized carbons (Fsp3) is 0.476. The molecular formula is C21H23ClF4N2O2. The number of nitrogens with one attached hydrogen (secondary N) is 1. The molecule has 2 atom stereocenters. The maximum Gasteiger partial charge on any atom is 0.417 e. The van der Waals surface area contributed by atoms with Crippen molar-refractivity contribution in [1.82, 2.24) is 4.98 Å². The van der Waals surface area contributed by atoms with Gasteiger partial charge in [0.25, 0.3) is 0 Å². The van der Waals surface area contributed by atoms with Crippen LogP contribution in [0.15, 0.2) is 30.5 Å². The van der Waals surface area contributed by atoms with Crippen LogP contribution in [0.25, 0.3) is 0 Å². The summed E-state index contributed by atoms with van der Waals surface area (Å²) in [4.78, 5) is 3.93. The first-order chi connectivity index (χ1) is 13.8. The standard InChI is InChI=1S/C21H23ClF4N2O2/c1-19(2,15-8-13(23)4-5-17(15)30-3)11-20(29,21(24,25)26)9-14-6-12-7-18(22)27-10-16(12)28-14/h4-5,7-8,10,14,28-29H,6,9,11H2,1-3H3. The maximum absolute atomic E-state index is 14.0. The van der Waals surface area contributed by atoms with Crippen LogP contribution in [0, 0.1) is 5.82 Å². The molecule has 0 fully saturated rings. The normalized spacial score (nSPS) is 18.5. The number of fused-ring (bicyclic) bond motifs is 1. The zero-order chi connectivity index (χ0) is 22.3. The minimum absolute atomic E-state index is 0.251. The fourth-order valence-corrected chi connectivity index (χ4v) is 4.34. The minimum Gasteiger partial charge on any atom is -0.496 e. The number of anilines is 1. The van der Waals surface area contributed by atoms with E-state index in [1.807, 2.05) is 0 Å². The van der Waals surface area contributed by atoms with Crippen molar-refractivity contribution in [3.05, 3.63) is 52.6 Å². The highest BCUT2D eigenvalue weighted by Crippen LogP contribution is 2.46. The molecule has 2 heterocycles. The Hall–Kier alpha value is -2.06. The molecule has 0 aliphatic carbocycles. The number of rotatable bonds is 6. The average Bonchev–Trinajstić information content (AvgIpc) is 3.01. The molecule has 2 N–H and O–H groups in total. The van der Waals surface area contributed by atoms with E-state index in [4.69, 9.17) is 16.3 Å². The highest BCUT2D eigenvalue weighted by molar-refractivity contribution is 6.29. The van der Waals surface area contributed by atoms with Gasteiger partial charge in [-0.15, -0.1) is 0 Å². The molecule has 2 unspecified atom stereocenters. The Morgan fingerprint density at radius 2 is 1.97 bits per heavy atom. The molecule has 0 bridgehead atoms. The summed E-state index contributed by atoms with van der Waals surface area (Å²) in [5.41, 5.74) is -2.64. The molecule has 0 radical (unpaired) electrons. The van der Waals surface area contributed by atoms with Gasteiger partial charge in [-0.05, 0) is 48.1 Å². The Morgan fingerprint density at radius 3 is 2.60 bits per heavy atom. The predicted octanol–water partition coefficient (Wildman–Crippen LogP) is 5.27. The lowest BCUT2D eigenvalue weighted by Gasteiger charge is -2.39. The van der Waals surface area contributed by atoms with Gasteiger partial charge in [-0.2, -0.15) is 13.2 Å². The van der Waals surface area contributed by atoms with Gasteiger partial charge in [0.15, 0.2) is 5.60 Å². The lowest BCUT2D eigenvalue weighted by Crippen LogP contribution is -2.51. The van der Waals surface area contributed by atoms with Gasteiger partial charge in [0, 0.05) is 18.0 Å². The van der Waals surface area contributed by atoms with Crippen LogP contribution in [0.5, 0.6) is 5.75 Å². The van der Waals surface area contributed by atoms with Gasteiger partial charge in [-0.3, -0.25) is 0 Å². The van der Waals surface area contributed by atoms with E-state index in [9.17, 15) is 22.7 Å². The molecule has 1 aromatic carbocycles. The summed E-state index contributed by atoms with van der Waals surface area (Å²) >= 11 is 5.86. The largest absolute Gasteiger partial charge is 0.496 e. The van der Waals surface area contributed by atoms with Crippen molar-refractivity contribution in [2.45, 2.75) is 56.3 Å². The molecule has 1 aromatic heterocycles. The topological polar surface area (TPSA) is 54.4 Å². The zero-order valence-corrected chi connectivity index (χ0v) is 17.5. The smallest absolute Gasteiger partial charge is 0.417 e. The third-order valence-corrected chi connectivity index (χ3v) is 5.73. The summed E-state index contributed by atoms with van der Waals surface area (Å²) in [5.74, 6) is -0.329. The third kappa shape index (κ3) is 4.49. The van der Waals surface area contributed by atoms with E-state index >= 15 is 0 Å². The van der Waals surface area contributed by atoms with Crippen molar-refractivity contribution < 1.29 is 27.4 Å². The van der Waals surface area contributed by atoms with Crippen LogP contribution in [-0.2, 0) is 11.8 Å². The van der Waals surface area contributed by atoms with E-state index in [2.05, 4.69) is 10.3 Å². The van der Waals surface area contributed by atoms with Crippen molar-refractivity contribution >= 4 is 17.3 Å². The van der Waals surface area contributed by atoms with Gasteiger partial charge in [0.1, 0.15) is 16.7 Å². The molecule has 164 valence electrons. The Bertz CT molecular complexity index is 936. The number of aromatic nitrogens is 1. The fourth-order valence-electron chi connectivity index (χ4n) is 4.16. The molecule has 30 heavy (non-hydrogen) atoms. The number of halogens is 5. The van der Waals surface area contributed by atoms with Crippen molar-refractivity contribution in [2.75, 3.05) is 12.4 Å². The SMILES string of the molecule is COc1ccc(F)cc1C(C)(C)CC(O)(CC1Cc2cc(Cl)ncc2N1)C(F)(F)F. The first-order valence-corrected chi connectivity index (χ1v) is 9.76. The number of hydrogen-bond donors (Lipinski definition) is 2. The highest BCUT2D eigenvalue weighted by atomic mass is 35.5. The molecule has 0 saturated heterocycles. The number of ether oxygens (including phenoxy) is 1. The summed E-state index contributed by atoms with van der Waals surface area (Å²) < 4.78 is 61.2. The summed E-state index contributed by atoms with van der Waals surface area (Å²) in [6.07, 6.45) is -4.40. The molecule has 2 aromatic rings. The van der Waals surface area contributed by atoms with Gasteiger partial charge >= 0.3 is 6.18 Å². The van der Waals surface area contributed by atoms with Gasteiger partial charge < -0.3 is 15.2 Å². The number of hydrogen-bond acceptors (Lipinski definition) is 4. The van der Waals surface area contributed by atoms with Crippen molar-refractivity contribution in [3.63, 3.8) is 0 Å². The molecule has 3 rings (SSSR count). The van der Waals surface area contributed by atoms with Crippen molar-refractivity contribution in [3.8, 4) is 5.75 Å². The first-order valence-electron chi connectivity index (χ1n) is 9.39. The second kappa shape index (κ2) is 7.89. The van der Waals surface area contributed by atoms with Gasteiger partial charge in [0.05, 0.1) is 19.0 Å². The molecule has 1 aliphatic heterocycles. The van der Waals surface area contributed by atoms with E-state index in [0.717, 1.165) is 11.6 Å². The van der Waals surface area contributed by atoms with Crippen LogP contribution in [0.4, 0.5) is 23.2 Å². The van der Waals surface area contributed by atoms with Crippen molar-refractivity contribution in [2.24, 2.45) is 0 Å². The number of aliphatic hydroxyl groups is 1. The molecule has 1 aliphatic rings. The van der Waals surface area contributed by atoms with Gasteiger partial charge in [-0.25, -0.2) is 9.37 Å². The number of pyridine rings is 1. The summed E-state index contributed by atoms with van der Waals surface area (Å²) in [5, 5.41) is 14.1. The summed E-state index contributed by atoms with van der Waals surface area (Å²) in [6.45, 7) is 3.06. The van der Waals surface area contributed by atoms with E-state index in [-0.39, 0.29) is 22.9 Å². The highest BCUT2D eigenvalue weighted by Gasteiger charge is 2.57. The van der Waals surface area contributed by atoms with Crippen LogP contribution in [0.1, 0.15) is 37.8 Å². The number of benzene rings is 1. The van der Waals surface area contributed by atoms with E-state index in [1.165, 1.54) is 39.3 Å². The Balaban J connectivity index is 1.88. The van der Waals surface area contributed by atoms with Crippen LogP contribution >= 0.6 is 11.6 Å². The Kier molecular flexibility index (Phi) is 5.95. The second-order valence-electron chi connectivity index (χ2n) is 8.35. The van der Waals surface area contributed by atoms with Crippen LogP contribution in [0.3, 0.4) is 0 Å². The molecule has 0 amide bonds. The third-order valence-electron chi connectivity index (χ3n) is 5.52. The second-order valence-corrected chi connectivity index (χ2v) is 8.74. The number of methoxy groups -OCH3 is 1. The van der Waals surface area contributed by atoms with Crippen molar-refractivity contribution in [1.29, 1.82) is 0 Å². The molecule has 4 nitrogen and oxygen atoms in total. The minimum atomic E-state index is -4.89. The molecule has 0 spiro atoms. The molecular weight excluding hydrogens is 424 g/mol. The lowest BCUT2D eigenvalue weighted by molar-refractivity contribution is -0.270. The lowest BCUT2D eigenvalue weighted by atomic mass is 9.72. The quantitative estimate of drug-likeness (QED) is 0.469. The van der Waals surface area contributed by atoms with Gasteiger partial charge in [-0.1, -0.05) is 25.4 Å². The number of alkyl halides is 3. The van der Waals surface area contributed by atoms with E-state index in [0.29, 0.717) is 5.69 Å². The van der Waals surface area contributed by atoms with E-state index in [1.54, 1.807) is 6.07 Å². The molecule has 0 saturated carbocycles. The molecule has 9 heteroatoms. The van der Waals surface area contributed by atoms with Gasteiger partial charge in [0.2, 0.25) is 0 Å². The summed E-state index contributed by atoms with van der Waals surface area (Å²) in [7, 11) is 1.36. The van der Waals surface area contributed by atoms with Crippen LogP contribution in [0.2, 0.25) is 5.15 Å². The summed E-state index contributed by atoms with van der Waals surface area (Å²) in [6, 6.07) is 4.63. The zero-order valence-electron chi connectivity index (χ0n) is 16.8. The Morgan fingerprint density at radius 1 is 1.27 bits per heavy atom. The number of nitrogens with zero attached hydrogens (tertiary/aromatic N) is 1. The van der Waals surface area contributed by atoms with Crippen LogP contribution < -0.4 is 10.1 Å². The Labute approximate surface area is 177 Å². The van der Waals surface area contributed by atoms with Crippen LogP contribution in [-0.4, -0.2) is 35.0 Å². The monoisotopic (exact) mass is 446 g/mol. The predicted molar refractivity (Wildman–Crippen MR) is 107 cm³/mol. The average molecular weight is 447 g/mol. The van der Waals surface area contributed by atoms with E-state index < -0.39 is 41.9 Å². The first kappa shape index (κ1) is 22.6.